The third kappa shape index (κ3) is 4.64. The lowest BCUT2D eigenvalue weighted by Crippen LogP contribution is -2.59. The number of nitrogens with zero attached hydrogens (tertiary/aromatic N) is 2. The number of hydrogen-bond acceptors (Lipinski definition) is 8. The first kappa shape index (κ1) is 23.4. The van der Waals surface area contributed by atoms with Crippen molar-refractivity contribution in [1.29, 1.82) is 0 Å². The van der Waals surface area contributed by atoms with Gasteiger partial charge in [0.1, 0.15) is 0 Å². The lowest BCUT2D eigenvalue weighted by molar-refractivity contribution is -0.134. The Morgan fingerprint density at radius 1 is 1.24 bits per heavy atom. The van der Waals surface area contributed by atoms with Gasteiger partial charge in [0.25, 0.3) is 5.56 Å². The molecule has 4 rings (SSSR count). The minimum atomic E-state index is -3.93. The number of benzene rings is 1. The largest absolute Gasteiger partial charge is 0.466 e. The Morgan fingerprint density at radius 2 is 1.97 bits per heavy atom. The molecule has 0 saturated carbocycles. The SMILES string of the molecule is COC(=O)/C=C/Cn1c(=O)c2cc(S(=O)(=O)NC3(C)COC3)ccc2n(CC2COC2)c1=O. The molecule has 11 nitrogen and oxygen atoms in total. The highest BCUT2D eigenvalue weighted by molar-refractivity contribution is 7.89. The fourth-order valence-corrected chi connectivity index (χ4v) is 5.13. The van der Waals surface area contributed by atoms with Gasteiger partial charge in [0.2, 0.25) is 10.0 Å². The number of nitrogens with one attached hydrogen (secondary N) is 1. The normalized spacial score (nSPS) is 18.2. The number of hydrogen-bond donors (Lipinski definition) is 1. The van der Waals surface area contributed by atoms with Crippen LogP contribution in [-0.2, 0) is 42.1 Å². The van der Waals surface area contributed by atoms with Crippen molar-refractivity contribution < 1.29 is 27.4 Å². The lowest BCUT2D eigenvalue weighted by Gasteiger charge is -2.38. The Morgan fingerprint density at radius 3 is 2.55 bits per heavy atom. The molecular formula is C21H25N3O8S. The van der Waals surface area contributed by atoms with Crippen molar-refractivity contribution >= 4 is 26.9 Å². The summed E-state index contributed by atoms with van der Waals surface area (Å²) in [6.45, 7) is 3.36. The van der Waals surface area contributed by atoms with Crippen molar-refractivity contribution in [2.24, 2.45) is 5.92 Å². The molecule has 2 saturated heterocycles. The maximum Gasteiger partial charge on any atom is 0.331 e. The molecule has 2 aliphatic heterocycles. The summed E-state index contributed by atoms with van der Waals surface area (Å²) in [5.41, 5.74) is -1.58. The van der Waals surface area contributed by atoms with E-state index in [0.29, 0.717) is 25.3 Å². The molecular weight excluding hydrogens is 454 g/mol. The molecule has 1 N–H and O–H groups in total. The van der Waals surface area contributed by atoms with E-state index in [1.54, 1.807) is 6.92 Å². The second kappa shape index (κ2) is 8.86. The minimum Gasteiger partial charge on any atom is -0.466 e. The van der Waals surface area contributed by atoms with Gasteiger partial charge in [-0.05, 0) is 25.1 Å². The molecule has 178 valence electrons. The van der Waals surface area contributed by atoms with E-state index in [0.717, 1.165) is 10.6 Å². The van der Waals surface area contributed by atoms with Crippen LogP contribution in [0.3, 0.4) is 0 Å². The van der Waals surface area contributed by atoms with E-state index in [-0.39, 0.29) is 36.0 Å². The maximum atomic E-state index is 13.2. The molecule has 0 aliphatic carbocycles. The highest BCUT2D eigenvalue weighted by Gasteiger charge is 2.38. The summed E-state index contributed by atoms with van der Waals surface area (Å²) >= 11 is 0. The van der Waals surface area contributed by atoms with Gasteiger partial charge in [0.15, 0.2) is 0 Å². The van der Waals surface area contributed by atoms with Crippen molar-refractivity contribution in [3.63, 3.8) is 0 Å². The molecule has 0 spiro atoms. The first-order valence-electron chi connectivity index (χ1n) is 10.3. The second-order valence-corrected chi connectivity index (χ2v) is 10.2. The molecule has 0 amide bonds. The number of methoxy groups -OCH3 is 1. The van der Waals surface area contributed by atoms with Crippen LogP contribution in [-0.4, -0.2) is 62.6 Å². The summed E-state index contributed by atoms with van der Waals surface area (Å²) in [5, 5.41) is 0.0826. The molecule has 1 aromatic heterocycles. The van der Waals surface area contributed by atoms with Crippen LogP contribution in [0.25, 0.3) is 10.9 Å². The molecule has 2 fully saturated rings. The summed E-state index contributed by atoms with van der Waals surface area (Å²) in [4.78, 5) is 37.6. The predicted molar refractivity (Wildman–Crippen MR) is 117 cm³/mol. The topological polar surface area (TPSA) is 135 Å². The smallest absolute Gasteiger partial charge is 0.331 e. The van der Waals surface area contributed by atoms with Crippen molar-refractivity contribution in [2.45, 2.75) is 30.4 Å². The zero-order chi connectivity index (χ0) is 23.8. The number of carbonyl (C=O) groups excluding carboxylic acids is 1. The number of esters is 1. The van der Waals surface area contributed by atoms with E-state index < -0.39 is 32.8 Å². The van der Waals surface area contributed by atoms with Gasteiger partial charge in [-0.25, -0.2) is 22.7 Å². The highest BCUT2D eigenvalue weighted by atomic mass is 32.2. The van der Waals surface area contributed by atoms with Crippen LogP contribution in [0.1, 0.15) is 6.92 Å². The number of rotatable bonds is 8. The number of sulfonamides is 1. The van der Waals surface area contributed by atoms with Crippen molar-refractivity contribution in [1.82, 2.24) is 13.9 Å². The van der Waals surface area contributed by atoms with E-state index in [1.807, 2.05) is 0 Å². The fourth-order valence-electron chi connectivity index (χ4n) is 3.73. The Labute approximate surface area is 189 Å². The van der Waals surface area contributed by atoms with E-state index >= 15 is 0 Å². The molecule has 0 bridgehead atoms. The van der Waals surface area contributed by atoms with Crippen LogP contribution in [0.15, 0.2) is 44.8 Å². The number of aromatic nitrogens is 2. The van der Waals surface area contributed by atoms with E-state index in [2.05, 4.69) is 9.46 Å². The van der Waals surface area contributed by atoms with Crippen LogP contribution >= 0.6 is 0 Å². The Hall–Kier alpha value is -2.80. The highest BCUT2D eigenvalue weighted by Crippen LogP contribution is 2.22. The Kier molecular flexibility index (Phi) is 6.27. The van der Waals surface area contributed by atoms with Gasteiger partial charge in [-0.3, -0.25) is 13.9 Å². The zero-order valence-corrected chi connectivity index (χ0v) is 19.1. The van der Waals surface area contributed by atoms with Crippen LogP contribution in [0.2, 0.25) is 0 Å². The number of carbonyl (C=O) groups is 1. The monoisotopic (exact) mass is 479 g/mol. The third-order valence-electron chi connectivity index (χ3n) is 5.62. The molecule has 0 atom stereocenters. The Bertz CT molecular complexity index is 1330. The summed E-state index contributed by atoms with van der Waals surface area (Å²) in [6.07, 6.45) is 2.46. The van der Waals surface area contributed by atoms with Gasteiger partial charge in [-0.2, -0.15) is 0 Å². The summed E-state index contributed by atoms with van der Waals surface area (Å²) < 4.78 is 45.7. The first-order valence-corrected chi connectivity index (χ1v) is 11.8. The van der Waals surface area contributed by atoms with Gasteiger partial charge >= 0.3 is 11.7 Å². The van der Waals surface area contributed by atoms with Gasteiger partial charge in [0, 0.05) is 25.1 Å². The van der Waals surface area contributed by atoms with E-state index in [9.17, 15) is 22.8 Å². The quantitative estimate of drug-likeness (QED) is 0.399. The maximum absolute atomic E-state index is 13.2. The molecule has 0 unspecified atom stereocenters. The molecule has 12 heteroatoms. The average Bonchev–Trinajstić information content (AvgIpc) is 2.72. The molecule has 0 radical (unpaired) electrons. The molecule has 2 aliphatic rings. The average molecular weight is 480 g/mol. The number of fused-ring (bicyclic) bond motifs is 1. The van der Waals surface area contributed by atoms with Crippen LogP contribution in [0, 0.1) is 5.92 Å². The fraction of sp³-hybridized carbons (Fsp3) is 0.476. The Balaban J connectivity index is 1.81. The molecule has 33 heavy (non-hydrogen) atoms. The summed E-state index contributed by atoms with van der Waals surface area (Å²) in [6, 6.07) is 4.12. The van der Waals surface area contributed by atoms with Gasteiger partial charge in [-0.1, -0.05) is 6.08 Å². The minimum absolute atomic E-state index is 0.0826. The molecule has 1 aromatic carbocycles. The molecule has 2 aromatic rings. The van der Waals surface area contributed by atoms with E-state index in [4.69, 9.17) is 9.47 Å². The molecule has 3 heterocycles. The van der Waals surface area contributed by atoms with Crippen LogP contribution < -0.4 is 16.0 Å². The van der Waals surface area contributed by atoms with Gasteiger partial charge < -0.3 is 14.2 Å². The lowest BCUT2D eigenvalue weighted by atomic mass is 10.0. The second-order valence-electron chi connectivity index (χ2n) is 8.48. The van der Waals surface area contributed by atoms with E-state index in [1.165, 1.54) is 36.0 Å². The van der Waals surface area contributed by atoms with Crippen molar-refractivity contribution in [2.75, 3.05) is 33.5 Å². The van der Waals surface area contributed by atoms with Crippen LogP contribution in [0.4, 0.5) is 0 Å². The summed E-state index contributed by atoms with van der Waals surface area (Å²) in [5.74, 6) is -0.519. The van der Waals surface area contributed by atoms with Gasteiger partial charge in [0.05, 0.1) is 54.9 Å². The predicted octanol–water partition coefficient (Wildman–Crippen LogP) is -0.394. The van der Waals surface area contributed by atoms with Crippen molar-refractivity contribution in [3.8, 4) is 0 Å². The van der Waals surface area contributed by atoms with Gasteiger partial charge in [-0.15, -0.1) is 0 Å². The first-order chi connectivity index (χ1) is 15.6. The number of ether oxygens (including phenoxy) is 3. The third-order valence-corrected chi connectivity index (χ3v) is 7.26. The summed E-state index contributed by atoms with van der Waals surface area (Å²) in [7, 11) is -2.71. The van der Waals surface area contributed by atoms with Crippen LogP contribution in [0.5, 0.6) is 0 Å². The zero-order valence-electron chi connectivity index (χ0n) is 18.3. The number of allylic oxidation sites excluding steroid dienone is 1. The van der Waals surface area contributed by atoms with Crippen molar-refractivity contribution in [3.05, 3.63) is 51.2 Å². The standard InChI is InChI=1S/C21H25N3O8S/c1-21(12-32-13-21)22-33(28,29)15-5-6-17-16(8-15)19(26)23(7-3-4-18(25)30-2)20(27)24(17)9-14-10-31-11-14/h3-6,8,14,22H,7,9-13H2,1-2H3/b4-3+.